The van der Waals surface area contributed by atoms with E-state index in [1.165, 1.54) is 0 Å². The van der Waals surface area contributed by atoms with Crippen molar-refractivity contribution in [1.29, 1.82) is 0 Å². The van der Waals surface area contributed by atoms with E-state index >= 15 is 0 Å². The maximum absolute atomic E-state index is 12.4. The molecule has 1 aliphatic heterocycles. The summed E-state index contributed by atoms with van der Waals surface area (Å²) in [4.78, 5) is 11.2. The molecule has 0 radical (unpaired) electrons. The van der Waals surface area contributed by atoms with Crippen LogP contribution in [0.25, 0.3) is 0 Å². The molecule has 1 saturated carbocycles. The van der Waals surface area contributed by atoms with Gasteiger partial charge in [0, 0.05) is 13.1 Å². The number of aliphatic carboxylic acids is 1. The van der Waals surface area contributed by atoms with Crippen molar-refractivity contribution in [1.82, 2.24) is 9.03 Å². The fourth-order valence-corrected chi connectivity index (χ4v) is 4.79. The molecular weight excluding hydrogens is 280 g/mol. The molecule has 7 heteroatoms. The number of piperidine rings is 1. The third kappa shape index (κ3) is 3.51. The number of carboxylic acids is 1. The summed E-state index contributed by atoms with van der Waals surface area (Å²) >= 11 is 0. The van der Waals surface area contributed by atoms with E-state index in [0.717, 1.165) is 42.8 Å². The molecule has 2 aliphatic rings. The summed E-state index contributed by atoms with van der Waals surface area (Å²) in [6, 6.07) is -0.919. The maximum Gasteiger partial charge on any atom is 0.322 e. The second-order valence-electron chi connectivity index (χ2n) is 6.30. The first kappa shape index (κ1) is 15.7. The molecule has 0 aromatic heterocycles. The van der Waals surface area contributed by atoms with Crippen LogP contribution < -0.4 is 4.72 Å². The minimum Gasteiger partial charge on any atom is -0.480 e. The van der Waals surface area contributed by atoms with E-state index < -0.39 is 22.2 Å². The highest BCUT2D eigenvalue weighted by molar-refractivity contribution is 7.87. The van der Waals surface area contributed by atoms with Gasteiger partial charge in [-0.2, -0.15) is 12.7 Å². The molecule has 6 nitrogen and oxygen atoms in total. The molecule has 0 amide bonds. The van der Waals surface area contributed by atoms with Gasteiger partial charge in [-0.3, -0.25) is 4.79 Å². The standard InChI is InChI=1S/C13H24N2O4S/c1-13(7-3-4-8-13)10-14-20(18,19)15-9-5-2-6-11(15)12(16)17/h11,14H,2-10H2,1H3,(H,16,17). The first-order chi connectivity index (χ1) is 9.34. The summed E-state index contributed by atoms with van der Waals surface area (Å²) < 4.78 is 28.5. The zero-order chi connectivity index (χ0) is 14.8. The van der Waals surface area contributed by atoms with Gasteiger partial charge in [0.2, 0.25) is 0 Å². The van der Waals surface area contributed by atoms with Crippen LogP contribution in [-0.4, -0.2) is 42.9 Å². The van der Waals surface area contributed by atoms with Gasteiger partial charge in [-0.1, -0.05) is 19.8 Å². The summed E-state index contributed by atoms with van der Waals surface area (Å²) in [5.41, 5.74) is 0.0155. The topological polar surface area (TPSA) is 86.7 Å². The number of nitrogens with one attached hydrogen (secondary N) is 1. The molecule has 0 aromatic rings. The Kier molecular flexibility index (Phi) is 4.71. The molecular formula is C13H24N2O4S. The number of rotatable bonds is 5. The van der Waals surface area contributed by atoms with E-state index in [1.807, 2.05) is 0 Å². The Balaban J connectivity index is 2.02. The fraction of sp³-hybridized carbons (Fsp3) is 0.923. The van der Waals surface area contributed by atoms with Crippen LogP contribution in [-0.2, 0) is 15.0 Å². The summed E-state index contributed by atoms with van der Waals surface area (Å²) in [6.45, 7) is 2.79. The highest BCUT2D eigenvalue weighted by atomic mass is 32.2. The molecule has 0 aromatic carbocycles. The quantitative estimate of drug-likeness (QED) is 0.802. The van der Waals surface area contributed by atoms with Crippen LogP contribution >= 0.6 is 0 Å². The number of carbonyl (C=O) groups is 1. The van der Waals surface area contributed by atoms with Crippen LogP contribution in [0.15, 0.2) is 0 Å². The molecule has 1 atom stereocenters. The van der Waals surface area contributed by atoms with Gasteiger partial charge in [0.1, 0.15) is 6.04 Å². The lowest BCUT2D eigenvalue weighted by atomic mass is 9.89. The molecule has 1 aliphatic carbocycles. The number of hydrogen-bond acceptors (Lipinski definition) is 3. The van der Waals surface area contributed by atoms with Crippen molar-refractivity contribution in [3.63, 3.8) is 0 Å². The van der Waals surface area contributed by atoms with Crippen molar-refractivity contribution in [2.75, 3.05) is 13.1 Å². The highest BCUT2D eigenvalue weighted by Gasteiger charge is 2.38. The third-order valence-electron chi connectivity index (χ3n) is 4.54. The molecule has 1 unspecified atom stereocenters. The van der Waals surface area contributed by atoms with Crippen LogP contribution in [0.3, 0.4) is 0 Å². The van der Waals surface area contributed by atoms with E-state index in [0.29, 0.717) is 19.5 Å². The lowest BCUT2D eigenvalue weighted by Gasteiger charge is -2.33. The molecule has 0 spiro atoms. The molecule has 1 saturated heterocycles. The Labute approximate surface area is 120 Å². The number of nitrogens with zero attached hydrogens (tertiary/aromatic N) is 1. The first-order valence-electron chi connectivity index (χ1n) is 7.33. The van der Waals surface area contributed by atoms with Gasteiger partial charge in [-0.25, -0.2) is 4.72 Å². The summed E-state index contributed by atoms with van der Waals surface area (Å²) in [7, 11) is -3.70. The normalized spacial score (nSPS) is 27.6. The Morgan fingerprint density at radius 1 is 1.30 bits per heavy atom. The summed E-state index contributed by atoms with van der Waals surface area (Å²) in [5, 5.41) is 9.17. The summed E-state index contributed by atoms with van der Waals surface area (Å²) in [6.07, 6.45) is 6.21. The van der Waals surface area contributed by atoms with Crippen molar-refractivity contribution in [3.05, 3.63) is 0 Å². The smallest absolute Gasteiger partial charge is 0.322 e. The largest absolute Gasteiger partial charge is 0.480 e. The number of hydrogen-bond donors (Lipinski definition) is 2. The van der Waals surface area contributed by atoms with Crippen molar-refractivity contribution < 1.29 is 18.3 Å². The van der Waals surface area contributed by atoms with E-state index in [-0.39, 0.29) is 5.41 Å². The average molecular weight is 304 g/mol. The van der Waals surface area contributed by atoms with Gasteiger partial charge in [0.05, 0.1) is 0 Å². The van der Waals surface area contributed by atoms with Gasteiger partial charge in [-0.05, 0) is 37.5 Å². The average Bonchev–Trinajstić information content (AvgIpc) is 2.84. The van der Waals surface area contributed by atoms with E-state index in [2.05, 4.69) is 11.6 Å². The monoisotopic (exact) mass is 304 g/mol. The zero-order valence-electron chi connectivity index (χ0n) is 12.0. The van der Waals surface area contributed by atoms with Crippen molar-refractivity contribution in [2.45, 2.75) is 57.9 Å². The second-order valence-corrected chi connectivity index (χ2v) is 8.01. The van der Waals surface area contributed by atoms with E-state index in [1.54, 1.807) is 0 Å². The van der Waals surface area contributed by atoms with Gasteiger partial charge >= 0.3 is 5.97 Å². The third-order valence-corrected chi connectivity index (χ3v) is 6.10. The predicted octanol–water partition coefficient (Wildman–Crippen LogP) is 1.34. The molecule has 20 heavy (non-hydrogen) atoms. The van der Waals surface area contributed by atoms with Gasteiger partial charge < -0.3 is 5.11 Å². The molecule has 116 valence electrons. The lowest BCUT2D eigenvalue weighted by Crippen LogP contribution is -2.53. The number of carboxylic acid groups (broad SMARTS) is 1. The fourth-order valence-electron chi connectivity index (χ4n) is 3.19. The van der Waals surface area contributed by atoms with Crippen LogP contribution in [0.1, 0.15) is 51.9 Å². The van der Waals surface area contributed by atoms with Crippen LogP contribution in [0.5, 0.6) is 0 Å². The van der Waals surface area contributed by atoms with Crippen LogP contribution in [0, 0.1) is 5.41 Å². The Morgan fingerprint density at radius 2 is 1.95 bits per heavy atom. The van der Waals surface area contributed by atoms with Gasteiger partial charge in [-0.15, -0.1) is 0 Å². The highest BCUT2D eigenvalue weighted by Crippen LogP contribution is 2.37. The minimum absolute atomic E-state index is 0.0155. The lowest BCUT2D eigenvalue weighted by molar-refractivity contribution is -0.142. The van der Waals surface area contributed by atoms with Gasteiger partial charge in [0.15, 0.2) is 0 Å². The molecule has 2 fully saturated rings. The first-order valence-corrected chi connectivity index (χ1v) is 8.77. The molecule has 1 heterocycles. The molecule has 0 bridgehead atoms. The summed E-state index contributed by atoms with van der Waals surface area (Å²) in [5.74, 6) is -1.05. The minimum atomic E-state index is -3.70. The van der Waals surface area contributed by atoms with E-state index in [4.69, 9.17) is 5.11 Å². The van der Waals surface area contributed by atoms with Crippen molar-refractivity contribution in [3.8, 4) is 0 Å². The van der Waals surface area contributed by atoms with Crippen LogP contribution in [0.4, 0.5) is 0 Å². The molecule has 2 rings (SSSR count). The van der Waals surface area contributed by atoms with Gasteiger partial charge in [0.25, 0.3) is 10.2 Å². The second kappa shape index (κ2) is 5.99. The molecule has 2 N–H and O–H groups in total. The van der Waals surface area contributed by atoms with E-state index in [9.17, 15) is 13.2 Å². The zero-order valence-corrected chi connectivity index (χ0v) is 12.8. The predicted molar refractivity (Wildman–Crippen MR) is 75.5 cm³/mol. The Bertz CT molecular complexity index is 457. The SMILES string of the molecule is CC1(CNS(=O)(=O)N2CCCCC2C(=O)O)CCCC1. The van der Waals surface area contributed by atoms with Crippen molar-refractivity contribution in [2.24, 2.45) is 5.41 Å². The Morgan fingerprint density at radius 3 is 2.55 bits per heavy atom. The maximum atomic E-state index is 12.4. The van der Waals surface area contributed by atoms with Crippen LogP contribution in [0.2, 0.25) is 0 Å². The Hall–Kier alpha value is -0.660. The van der Waals surface area contributed by atoms with Crippen molar-refractivity contribution >= 4 is 16.2 Å².